The summed E-state index contributed by atoms with van der Waals surface area (Å²) in [6.45, 7) is 0. The lowest BCUT2D eigenvalue weighted by atomic mass is 10.1. The van der Waals surface area contributed by atoms with Crippen LogP contribution in [0.3, 0.4) is 0 Å². The summed E-state index contributed by atoms with van der Waals surface area (Å²) in [5.41, 5.74) is 0.724. The smallest absolute Gasteiger partial charge is 0.270 e. The Morgan fingerprint density at radius 2 is 2.21 bits per heavy atom. The summed E-state index contributed by atoms with van der Waals surface area (Å²) >= 11 is 5.89. The minimum absolute atomic E-state index is 0.258. The molecule has 0 atom stereocenters. The average Bonchev–Trinajstić information content (AvgIpc) is 2.45. The predicted octanol–water partition coefficient (Wildman–Crippen LogP) is 0.0217. The predicted molar refractivity (Wildman–Crippen MR) is 51.5 cm³/mol. The molecule has 4 heteroatoms. The van der Waals surface area contributed by atoms with Crippen LogP contribution in [-0.2, 0) is 16.0 Å². The Hall–Kier alpha value is -1.48. The van der Waals surface area contributed by atoms with E-state index in [0.717, 1.165) is 17.1 Å². The molecular formula is C10H6ClNO2. The van der Waals surface area contributed by atoms with Gasteiger partial charge in [-0.15, -0.1) is 0 Å². The molecule has 70 valence electrons. The maximum atomic E-state index is 10.9. The second-order valence-electron chi connectivity index (χ2n) is 2.97. The third-order valence-electron chi connectivity index (χ3n) is 2.01. The molecule has 14 heavy (non-hydrogen) atoms. The molecule has 0 radical (unpaired) electrons. The first kappa shape index (κ1) is 9.09. The van der Waals surface area contributed by atoms with E-state index < -0.39 is 0 Å². The van der Waals surface area contributed by atoms with Gasteiger partial charge in [-0.1, -0.05) is 11.6 Å². The van der Waals surface area contributed by atoms with Crippen LogP contribution < -0.4 is 10.6 Å². The van der Waals surface area contributed by atoms with Gasteiger partial charge in [0, 0.05) is 22.7 Å². The van der Waals surface area contributed by atoms with Crippen LogP contribution in [0.25, 0.3) is 6.08 Å². The highest BCUT2D eigenvalue weighted by atomic mass is 35.5. The third-order valence-corrected chi connectivity index (χ3v) is 2.36. The molecular weight excluding hydrogens is 202 g/mol. The molecule has 0 spiro atoms. The van der Waals surface area contributed by atoms with Crippen molar-refractivity contribution in [3.63, 3.8) is 0 Å². The average molecular weight is 208 g/mol. The van der Waals surface area contributed by atoms with Crippen molar-refractivity contribution in [2.24, 2.45) is 4.99 Å². The first-order chi connectivity index (χ1) is 6.70. The molecule has 0 fully saturated rings. The normalized spacial score (nSPS) is 13.1. The number of amides is 1. The fourth-order valence-corrected chi connectivity index (χ4v) is 1.60. The van der Waals surface area contributed by atoms with Crippen LogP contribution in [-0.4, -0.2) is 12.2 Å². The summed E-state index contributed by atoms with van der Waals surface area (Å²) in [7, 11) is 0. The van der Waals surface area contributed by atoms with E-state index in [1.165, 1.54) is 6.08 Å². The molecule has 1 aromatic rings. The van der Waals surface area contributed by atoms with Gasteiger partial charge < -0.3 is 4.79 Å². The van der Waals surface area contributed by atoms with Gasteiger partial charge in [-0.3, -0.25) is 4.79 Å². The number of carbonyl (C=O) groups excluding carboxylic acids is 2. The van der Waals surface area contributed by atoms with Crippen LogP contribution in [0.15, 0.2) is 17.1 Å². The van der Waals surface area contributed by atoms with Gasteiger partial charge in [0.05, 0.1) is 5.36 Å². The largest absolute Gasteiger partial charge is 0.303 e. The molecule has 3 nitrogen and oxygen atoms in total. The standard InChI is InChI=1S/C10H6ClNO2/c11-8-5-9-7(4-10(14)12-9)3-6(8)1-2-13/h2-5H,1H2. The van der Waals surface area contributed by atoms with Gasteiger partial charge in [0.1, 0.15) is 6.29 Å². The molecule has 0 bridgehead atoms. The maximum absolute atomic E-state index is 10.9. The van der Waals surface area contributed by atoms with Crippen molar-refractivity contribution in [3.8, 4) is 0 Å². The number of benzene rings is 1. The van der Waals surface area contributed by atoms with Crippen molar-refractivity contribution in [1.82, 2.24) is 0 Å². The van der Waals surface area contributed by atoms with Crippen LogP contribution in [0, 0.1) is 0 Å². The van der Waals surface area contributed by atoms with E-state index in [1.54, 1.807) is 12.1 Å². The molecule has 2 rings (SSSR count). The Kier molecular flexibility index (Phi) is 2.17. The summed E-state index contributed by atoms with van der Waals surface area (Å²) in [5.74, 6) is -0.278. The molecule has 0 saturated carbocycles. The van der Waals surface area contributed by atoms with Gasteiger partial charge in [0.15, 0.2) is 0 Å². The molecule has 1 aliphatic heterocycles. The number of carbonyl (C=O) groups is 2. The van der Waals surface area contributed by atoms with Crippen molar-refractivity contribution >= 4 is 29.9 Å². The number of nitrogens with zero attached hydrogens (tertiary/aromatic N) is 1. The Labute approximate surface area is 84.7 Å². The van der Waals surface area contributed by atoms with Crippen LogP contribution >= 0.6 is 11.6 Å². The summed E-state index contributed by atoms with van der Waals surface area (Å²) in [6.07, 6.45) is 2.47. The Morgan fingerprint density at radius 3 is 2.93 bits per heavy atom. The van der Waals surface area contributed by atoms with Crippen molar-refractivity contribution in [3.05, 3.63) is 33.3 Å². The first-order valence-corrected chi connectivity index (χ1v) is 4.45. The lowest BCUT2D eigenvalue weighted by Gasteiger charge is -1.97. The van der Waals surface area contributed by atoms with Crippen LogP contribution in [0.2, 0.25) is 5.02 Å². The second kappa shape index (κ2) is 3.35. The SMILES string of the molecule is O=CCc1cc2c(cc1Cl)=NC(=O)C=2. The molecule has 0 aliphatic carbocycles. The van der Waals surface area contributed by atoms with E-state index in [2.05, 4.69) is 4.99 Å². The van der Waals surface area contributed by atoms with Gasteiger partial charge in [-0.05, 0) is 17.7 Å². The van der Waals surface area contributed by atoms with Gasteiger partial charge in [-0.2, -0.15) is 0 Å². The number of rotatable bonds is 2. The highest BCUT2D eigenvalue weighted by molar-refractivity contribution is 6.31. The minimum Gasteiger partial charge on any atom is -0.303 e. The van der Waals surface area contributed by atoms with Crippen molar-refractivity contribution < 1.29 is 9.59 Å². The van der Waals surface area contributed by atoms with Gasteiger partial charge in [0.2, 0.25) is 0 Å². The molecule has 1 aliphatic rings. The van der Waals surface area contributed by atoms with E-state index in [0.29, 0.717) is 10.4 Å². The Balaban J connectivity index is 2.68. The van der Waals surface area contributed by atoms with Crippen molar-refractivity contribution in [2.75, 3.05) is 0 Å². The lowest BCUT2D eigenvalue weighted by molar-refractivity contribution is -0.112. The zero-order valence-corrected chi connectivity index (χ0v) is 7.91. The van der Waals surface area contributed by atoms with Crippen molar-refractivity contribution in [2.45, 2.75) is 6.42 Å². The van der Waals surface area contributed by atoms with Crippen molar-refractivity contribution in [1.29, 1.82) is 0 Å². The molecule has 0 aromatic heterocycles. The zero-order chi connectivity index (χ0) is 10.1. The topological polar surface area (TPSA) is 46.5 Å². The lowest BCUT2D eigenvalue weighted by Crippen LogP contribution is -2.22. The van der Waals surface area contributed by atoms with E-state index in [4.69, 9.17) is 11.6 Å². The fraction of sp³-hybridized carbons (Fsp3) is 0.100. The molecule has 0 saturated heterocycles. The van der Waals surface area contributed by atoms with Gasteiger partial charge >= 0.3 is 0 Å². The molecule has 1 aromatic carbocycles. The maximum Gasteiger partial charge on any atom is 0.270 e. The molecule has 0 unspecified atom stereocenters. The minimum atomic E-state index is -0.278. The Morgan fingerprint density at radius 1 is 1.43 bits per heavy atom. The highest BCUT2D eigenvalue weighted by Crippen LogP contribution is 2.11. The Bertz CT molecular complexity index is 534. The van der Waals surface area contributed by atoms with Crippen LogP contribution in [0.4, 0.5) is 0 Å². The summed E-state index contributed by atoms with van der Waals surface area (Å²) in [4.78, 5) is 25.0. The van der Waals surface area contributed by atoms with Crippen LogP contribution in [0.1, 0.15) is 5.56 Å². The van der Waals surface area contributed by atoms with Crippen LogP contribution in [0.5, 0.6) is 0 Å². The molecule has 1 amide bonds. The molecule has 1 heterocycles. The fourth-order valence-electron chi connectivity index (χ4n) is 1.37. The number of halogens is 1. The van der Waals surface area contributed by atoms with Gasteiger partial charge in [-0.25, -0.2) is 4.99 Å². The number of hydrogen-bond acceptors (Lipinski definition) is 2. The third kappa shape index (κ3) is 1.46. The van der Waals surface area contributed by atoms with Gasteiger partial charge in [0.25, 0.3) is 5.91 Å². The summed E-state index contributed by atoms with van der Waals surface area (Å²) in [6, 6.07) is 3.33. The highest BCUT2D eigenvalue weighted by Gasteiger charge is 2.07. The first-order valence-electron chi connectivity index (χ1n) is 4.07. The van der Waals surface area contributed by atoms with E-state index in [9.17, 15) is 9.59 Å². The number of aldehydes is 1. The number of fused-ring (bicyclic) bond motifs is 1. The monoisotopic (exact) mass is 207 g/mol. The second-order valence-corrected chi connectivity index (χ2v) is 3.37. The van der Waals surface area contributed by atoms with E-state index in [1.807, 2.05) is 0 Å². The van der Waals surface area contributed by atoms with E-state index in [-0.39, 0.29) is 12.3 Å². The number of hydrogen-bond donors (Lipinski definition) is 0. The zero-order valence-electron chi connectivity index (χ0n) is 7.16. The summed E-state index contributed by atoms with van der Waals surface area (Å²) < 4.78 is 0. The molecule has 0 N–H and O–H groups in total. The quantitative estimate of drug-likeness (QED) is 0.642. The van der Waals surface area contributed by atoms with E-state index >= 15 is 0 Å². The summed E-state index contributed by atoms with van der Waals surface area (Å²) in [5, 5.41) is 1.79.